The molecule has 1 heterocycles. The van der Waals surface area contributed by atoms with Crippen molar-refractivity contribution in [2.24, 2.45) is 5.73 Å². The number of nitrogens with zero attached hydrogens (tertiary/aromatic N) is 2. The van der Waals surface area contributed by atoms with Gasteiger partial charge in [-0.1, -0.05) is 0 Å². The van der Waals surface area contributed by atoms with E-state index in [1.54, 1.807) is 6.20 Å². The molecular weight excluding hydrogens is 194 g/mol. The standard InChI is InChI=1S/C6H8BrN3/c1-4-6(7)9-3-5(2-8)10-4/h3H,2,8H2,1H3. The van der Waals surface area contributed by atoms with Crippen LogP contribution in [0, 0.1) is 6.92 Å². The first-order valence-electron chi connectivity index (χ1n) is 2.92. The largest absolute Gasteiger partial charge is 0.325 e. The van der Waals surface area contributed by atoms with Crippen LogP contribution in [0.25, 0.3) is 0 Å². The summed E-state index contributed by atoms with van der Waals surface area (Å²) in [7, 11) is 0. The van der Waals surface area contributed by atoms with Gasteiger partial charge in [0.15, 0.2) is 0 Å². The third-order valence-electron chi connectivity index (χ3n) is 1.15. The number of hydrogen-bond donors (Lipinski definition) is 1. The molecule has 4 heteroatoms. The highest BCUT2D eigenvalue weighted by molar-refractivity contribution is 9.10. The number of aromatic nitrogens is 2. The highest BCUT2D eigenvalue weighted by Crippen LogP contribution is 2.08. The van der Waals surface area contributed by atoms with Crippen LogP contribution >= 0.6 is 15.9 Å². The van der Waals surface area contributed by atoms with E-state index in [0.717, 1.165) is 16.0 Å². The molecule has 3 nitrogen and oxygen atoms in total. The van der Waals surface area contributed by atoms with Crippen LogP contribution in [-0.4, -0.2) is 9.97 Å². The maximum Gasteiger partial charge on any atom is 0.127 e. The second kappa shape index (κ2) is 3.07. The molecule has 2 N–H and O–H groups in total. The molecule has 0 aliphatic carbocycles. The van der Waals surface area contributed by atoms with Crippen molar-refractivity contribution in [2.45, 2.75) is 13.5 Å². The van der Waals surface area contributed by atoms with Crippen LogP contribution in [0.4, 0.5) is 0 Å². The molecule has 1 rings (SSSR count). The number of rotatable bonds is 1. The van der Waals surface area contributed by atoms with Gasteiger partial charge in [0.25, 0.3) is 0 Å². The van der Waals surface area contributed by atoms with Crippen LogP contribution in [0.1, 0.15) is 11.4 Å². The molecule has 0 bridgehead atoms. The van der Waals surface area contributed by atoms with Crippen molar-refractivity contribution in [1.82, 2.24) is 9.97 Å². The molecule has 1 aromatic rings. The fourth-order valence-electron chi connectivity index (χ4n) is 0.613. The quantitative estimate of drug-likeness (QED) is 0.739. The lowest BCUT2D eigenvalue weighted by molar-refractivity contribution is 0.928. The van der Waals surface area contributed by atoms with E-state index >= 15 is 0 Å². The average molecular weight is 202 g/mol. The fourth-order valence-corrected chi connectivity index (χ4v) is 0.804. The Kier molecular flexibility index (Phi) is 2.34. The molecule has 0 atom stereocenters. The topological polar surface area (TPSA) is 51.8 Å². The minimum atomic E-state index is 0.446. The van der Waals surface area contributed by atoms with Crippen molar-refractivity contribution in [3.05, 3.63) is 22.2 Å². The van der Waals surface area contributed by atoms with Crippen molar-refractivity contribution >= 4 is 15.9 Å². The van der Waals surface area contributed by atoms with Gasteiger partial charge < -0.3 is 5.73 Å². The summed E-state index contributed by atoms with van der Waals surface area (Å²) in [6.45, 7) is 2.33. The van der Waals surface area contributed by atoms with Crippen molar-refractivity contribution < 1.29 is 0 Å². The second-order valence-electron chi connectivity index (χ2n) is 1.94. The Morgan fingerprint density at radius 2 is 2.40 bits per heavy atom. The first-order valence-corrected chi connectivity index (χ1v) is 3.71. The summed E-state index contributed by atoms with van der Waals surface area (Å²) in [4.78, 5) is 8.18. The maximum atomic E-state index is 5.35. The molecule has 0 fully saturated rings. The second-order valence-corrected chi connectivity index (χ2v) is 2.69. The fraction of sp³-hybridized carbons (Fsp3) is 0.333. The van der Waals surface area contributed by atoms with E-state index in [2.05, 4.69) is 25.9 Å². The molecular formula is C6H8BrN3. The molecule has 0 saturated heterocycles. The van der Waals surface area contributed by atoms with E-state index in [0.29, 0.717) is 6.54 Å². The maximum absolute atomic E-state index is 5.35. The van der Waals surface area contributed by atoms with Gasteiger partial charge in [-0.25, -0.2) is 4.98 Å². The molecule has 10 heavy (non-hydrogen) atoms. The zero-order chi connectivity index (χ0) is 7.56. The number of nitrogens with two attached hydrogens (primary N) is 1. The summed E-state index contributed by atoms with van der Waals surface area (Å²) < 4.78 is 0.782. The van der Waals surface area contributed by atoms with Gasteiger partial charge in [-0.2, -0.15) is 0 Å². The lowest BCUT2D eigenvalue weighted by atomic mass is 10.4. The minimum Gasteiger partial charge on any atom is -0.325 e. The highest BCUT2D eigenvalue weighted by Gasteiger charge is 1.96. The summed E-state index contributed by atoms with van der Waals surface area (Å²) in [5.74, 6) is 0. The molecule has 0 saturated carbocycles. The molecule has 0 aliphatic heterocycles. The molecule has 0 aromatic carbocycles. The van der Waals surface area contributed by atoms with Gasteiger partial charge in [-0.3, -0.25) is 4.98 Å². The normalized spacial score (nSPS) is 9.90. The van der Waals surface area contributed by atoms with Gasteiger partial charge in [0, 0.05) is 6.54 Å². The van der Waals surface area contributed by atoms with Gasteiger partial charge in [0.1, 0.15) is 4.60 Å². The molecule has 0 radical (unpaired) electrons. The summed E-state index contributed by atoms with van der Waals surface area (Å²) in [6.07, 6.45) is 1.66. The Bertz CT molecular complexity index is 236. The van der Waals surface area contributed by atoms with Gasteiger partial charge in [-0.05, 0) is 22.9 Å². The predicted molar refractivity (Wildman–Crippen MR) is 42.4 cm³/mol. The first kappa shape index (κ1) is 7.63. The van der Waals surface area contributed by atoms with Crippen LogP contribution < -0.4 is 5.73 Å². The van der Waals surface area contributed by atoms with E-state index in [1.165, 1.54) is 0 Å². The Morgan fingerprint density at radius 3 is 2.90 bits per heavy atom. The van der Waals surface area contributed by atoms with E-state index in [4.69, 9.17) is 5.73 Å². The Balaban J connectivity index is 3.04. The Morgan fingerprint density at radius 1 is 1.70 bits per heavy atom. The smallest absolute Gasteiger partial charge is 0.127 e. The van der Waals surface area contributed by atoms with E-state index in [1.807, 2.05) is 6.92 Å². The highest BCUT2D eigenvalue weighted by atomic mass is 79.9. The van der Waals surface area contributed by atoms with Crippen molar-refractivity contribution in [2.75, 3.05) is 0 Å². The van der Waals surface area contributed by atoms with Crippen LogP contribution in [0.15, 0.2) is 10.8 Å². The summed E-state index contributed by atoms with van der Waals surface area (Å²) in [5, 5.41) is 0. The van der Waals surface area contributed by atoms with Gasteiger partial charge in [0.2, 0.25) is 0 Å². The summed E-state index contributed by atoms with van der Waals surface area (Å²) in [6, 6.07) is 0. The summed E-state index contributed by atoms with van der Waals surface area (Å²) in [5.41, 5.74) is 7.05. The third-order valence-corrected chi connectivity index (χ3v) is 1.92. The van der Waals surface area contributed by atoms with E-state index < -0.39 is 0 Å². The molecule has 0 spiro atoms. The number of aryl methyl sites for hydroxylation is 1. The lowest BCUT2D eigenvalue weighted by Gasteiger charge is -1.97. The Hall–Kier alpha value is -0.480. The van der Waals surface area contributed by atoms with Crippen molar-refractivity contribution in [3.8, 4) is 0 Å². The van der Waals surface area contributed by atoms with Crippen LogP contribution in [0.3, 0.4) is 0 Å². The summed E-state index contributed by atoms with van der Waals surface area (Å²) >= 11 is 3.24. The van der Waals surface area contributed by atoms with Crippen LogP contribution in [-0.2, 0) is 6.54 Å². The molecule has 0 aliphatic rings. The van der Waals surface area contributed by atoms with Crippen LogP contribution in [0.2, 0.25) is 0 Å². The molecule has 0 amide bonds. The Labute approximate surface area is 67.8 Å². The van der Waals surface area contributed by atoms with E-state index in [-0.39, 0.29) is 0 Å². The molecule has 54 valence electrons. The van der Waals surface area contributed by atoms with Crippen LogP contribution in [0.5, 0.6) is 0 Å². The monoisotopic (exact) mass is 201 g/mol. The number of halogens is 1. The molecule has 0 unspecified atom stereocenters. The zero-order valence-corrected chi connectivity index (χ0v) is 7.22. The zero-order valence-electron chi connectivity index (χ0n) is 5.63. The lowest BCUT2D eigenvalue weighted by Crippen LogP contribution is -2.01. The SMILES string of the molecule is Cc1nc(CN)cnc1Br. The minimum absolute atomic E-state index is 0.446. The third kappa shape index (κ3) is 1.52. The van der Waals surface area contributed by atoms with E-state index in [9.17, 15) is 0 Å². The number of hydrogen-bond acceptors (Lipinski definition) is 3. The average Bonchev–Trinajstić information content (AvgIpc) is 1.95. The predicted octanol–water partition coefficient (Wildman–Crippen LogP) is 1.01. The van der Waals surface area contributed by atoms with Crippen molar-refractivity contribution in [1.29, 1.82) is 0 Å². The van der Waals surface area contributed by atoms with Crippen molar-refractivity contribution in [3.63, 3.8) is 0 Å². The van der Waals surface area contributed by atoms with Gasteiger partial charge >= 0.3 is 0 Å². The van der Waals surface area contributed by atoms with Gasteiger partial charge in [-0.15, -0.1) is 0 Å². The first-order chi connectivity index (χ1) is 4.74. The molecule has 1 aromatic heterocycles. The van der Waals surface area contributed by atoms with Gasteiger partial charge in [0.05, 0.1) is 17.6 Å².